The highest BCUT2D eigenvalue weighted by Crippen LogP contribution is 2.63. The maximum atomic E-state index is 12.6. The van der Waals surface area contributed by atoms with Crippen LogP contribution >= 0.6 is 0 Å². The van der Waals surface area contributed by atoms with Crippen LogP contribution in [0.3, 0.4) is 0 Å². The minimum atomic E-state index is -2.30. The van der Waals surface area contributed by atoms with Crippen molar-refractivity contribution in [3.63, 3.8) is 0 Å². The molecule has 0 saturated heterocycles. The Morgan fingerprint density at radius 2 is 1.91 bits per heavy atom. The number of fused-ring (bicyclic) bond motifs is 1. The summed E-state index contributed by atoms with van der Waals surface area (Å²) < 4.78 is 25.3. The summed E-state index contributed by atoms with van der Waals surface area (Å²) in [7, 11) is 0. The Morgan fingerprint density at radius 3 is 2.36 bits per heavy atom. The Hall–Kier alpha value is -0.180. The fraction of sp³-hybridized carbons (Fsp3) is 1.00. The predicted molar refractivity (Wildman–Crippen MR) is 38.6 cm³/mol. The van der Waals surface area contributed by atoms with Gasteiger partial charge in [-0.15, -0.1) is 0 Å². The fourth-order valence-electron chi connectivity index (χ4n) is 2.27. The first-order valence-corrected chi connectivity index (χ1v) is 4.27. The van der Waals surface area contributed by atoms with Crippen LogP contribution in [0.4, 0.5) is 8.78 Å². The molecule has 11 heavy (non-hydrogen) atoms. The zero-order valence-electron chi connectivity index (χ0n) is 6.61. The predicted octanol–water partition coefficient (Wildman–Crippen LogP) is 1.64. The summed E-state index contributed by atoms with van der Waals surface area (Å²) >= 11 is 0. The van der Waals surface area contributed by atoms with Crippen LogP contribution in [0, 0.1) is 11.8 Å². The molecule has 0 heterocycles. The molecule has 2 rings (SSSR count). The van der Waals surface area contributed by atoms with Crippen molar-refractivity contribution >= 4 is 0 Å². The van der Waals surface area contributed by atoms with E-state index in [1.54, 1.807) is 0 Å². The summed E-state index contributed by atoms with van der Waals surface area (Å²) in [5.41, 5.74) is 0. The van der Waals surface area contributed by atoms with Gasteiger partial charge >= 0.3 is 0 Å². The summed E-state index contributed by atoms with van der Waals surface area (Å²) in [6.45, 7) is 2.91. The van der Waals surface area contributed by atoms with Crippen LogP contribution in [0.5, 0.6) is 0 Å². The van der Waals surface area contributed by atoms with Crippen LogP contribution in [0.2, 0.25) is 0 Å². The van der Waals surface area contributed by atoms with Gasteiger partial charge < -0.3 is 5.32 Å². The third-order valence-corrected chi connectivity index (χ3v) is 2.94. The number of alkyl halides is 2. The Labute approximate surface area is 65.2 Å². The van der Waals surface area contributed by atoms with Crippen molar-refractivity contribution in [3.05, 3.63) is 0 Å². The molecule has 2 fully saturated rings. The molecular formula is C8H13F2N. The van der Waals surface area contributed by atoms with Gasteiger partial charge in [0.2, 0.25) is 0 Å². The van der Waals surface area contributed by atoms with E-state index in [0.717, 1.165) is 6.54 Å². The minimum Gasteiger partial charge on any atom is -0.314 e. The van der Waals surface area contributed by atoms with E-state index in [4.69, 9.17) is 0 Å². The first kappa shape index (κ1) is 7.47. The average molecular weight is 161 g/mol. The van der Waals surface area contributed by atoms with E-state index < -0.39 is 5.92 Å². The lowest BCUT2D eigenvalue weighted by Gasteiger charge is -2.13. The quantitative estimate of drug-likeness (QED) is 0.649. The fourth-order valence-corrected chi connectivity index (χ4v) is 2.27. The van der Waals surface area contributed by atoms with Crippen molar-refractivity contribution in [2.75, 3.05) is 6.54 Å². The molecule has 0 spiro atoms. The summed E-state index contributed by atoms with van der Waals surface area (Å²) in [5.74, 6) is -2.87. The van der Waals surface area contributed by atoms with Crippen LogP contribution in [0.15, 0.2) is 0 Å². The van der Waals surface area contributed by atoms with E-state index in [1.807, 2.05) is 6.92 Å². The van der Waals surface area contributed by atoms with Crippen LogP contribution in [-0.2, 0) is 0 Å². The van der Waals surface area contributed by atoms with E-state index in [9.17, 15) is 8.78 Å². The van der Waals surface area contributed by atoms with Crippen molar-refractivity contribution in [1.82, 2.24) is 5.32 Å². The second-order valence-electron chi connectivity index (χ2n) is 3.61. The van der Waals surface area contributed by atoms with Gasteiger partial charge in [-0.05, 0) is 19.4 Å². The topological polar surface area (TPSA) is 12.0 Å². The summed E-state index contributed by atoms with van der Waals surface area (Å²) in [6, 6.07) is 0.370. The molecule has 0 aliphatic heterocycles. The molecule has 0 aromatic rings. The highest BCUT2D eigenvalue weighted by molar-refractivity contribution is 5.12. The lowest BCUT2D eigenvalue weighted by atomic mass is 10.1. The highest BCUT2D eigenvalue weighted by Gasteiger charge is 2.71. The zero-order valence-corrected chi connectivity index (χ0v) is 6.61. The maximum Gasteiger partial charge on any atom is 0.254 e. The van der Waals surface area contributed by atoms with Gasteiger partial charge in [0.25, 0.3) is 5.92 Å². The first-order chi connectivity index (χ1) is 5.16. The lowest BCUT2D eigenvalue weighted by molar-refractivity contribution is 0.0675. The molecule has 0 bridgehead atoms. The van der Waals surface area contributed by atoms with Gasteiger partial charge in [0.1, 0.15) is 0 Å². The summed E-state index contributed by atoms with van der Waals surface area (Å²) in [4.78, 5) is 0. The van der Waals surface area contributed by atoms with Crippen molar-refractivity contribution < 1.29 is 8.78 Å². The molecule has 2 aliphatic rings. The number of rotatable bonds is 2. The number of nitrogens with one attached hydrogen (secondary N) is 1. The molecule has 1 N–H and O–H groups in total. The van der Waals surface area contributed by atoms with E-state index in [0.29, 0.717) is 18.9 Å². The normalized spacial score (nSPS) is 45.5. The van der Waals surface area contributed by atoms with Crippen LogP contribution in [0.25, 0.3) is 0 Å². The van der Waals surface area contributed by atoms with Gasteiger partial charge in [-0.1, -0.05) is 6.92 Å². The van der Waals surface area contributed by atoms with E-state index in [-0.39, 0.29) is 11.8 Å². The van der Waals surface area contributed by atoms with Crippen molar-refractivity contribution in [2.45, 2.75) is 31.7 Å². The van der Waals surface area contributed by atoms with Crippen molar-refractivity contribution in [2.24, 2.45) is 11.8 Å². The largest absolute Gasteiger partial charge is 0.314 e. The Morgan fingerprint density at radius 1 is 1.36 bits per heavy atom. The van der Waals surface area contributed by atoms with Gasteiger partial charge in [0.15, 0.2) is 0 Å². The summed E-state index contributed by atoms with van der Waals surface area (Å²) in [6.07, 6.45) is 1.37. The van der Waals surface area contributed by atoms with E-state index in [2.05, 4.69) is 5.32 Å². The second kappa shape index (κ2) is 2.16. The van der Waals surface area contributed by atoms with Gasteiger partial charge in [-0.25, -0.2) is 8.78 Å². The van der Waals surface area contributed by atoms with Gasteiger partial charge in [-0.2, -0.15) is 0 Å². The summed E-state index contributed by atoms with van der Waals surface area (Å²) in [5, 5.41) is 3.21. The molecule has 0 aromatic heterocycles. The van der Waals surface area contributed by atoms with Gasteiger partial charge in [0.05, 0.1) is 0 Å². The van der Waals surface area contributed by atoms with Crippen molar-refractivity contribution in [3.8, 4) is 0 Å². The Balaban J connectivity index is 1.85. The second-order valence-corrected chi connectivity index (χ2v) is 3.61. The molecule has 0 radical (unpaired) electrons. The minimum absolute atomic E-state index is 0.286. The number of hydrogen-bond donors (Lipinski definition) is 1. The molecule has 64 valence electrons. The molecule has 2 unspecified atom stereocenters. The molecule has 2 saturated carbocycles. The number of hydrogen-bond acceptors (Lipinski definition) is 1. The van der Waals surface area contributed by atoms with E-state index >= 15 is 0 Å². The molecule has 1 nitrogen and oxygen atoms in total. The zero-order chi connectivity index (χ0) is 8.06. The third-order valence-electron chi connectivity index (χ3n) is 2.94. The SMILES string of the molecule is CCNC1CC2C(C1)C2(F)F. The smallest absolute Gasteiger partial charge is 0.254 e. The van der Waals surface area contributed by atoms with Gasteiger partial charge in [0, 0.05) is 17.9 Å². The highest BCUT2D eigenvalue weighted by atomic mass is 19.3. The maximum absolute atomic E-state index is 12.6. The van der Waals surface area contributed by atoms with Crippen LogP contribution in [-0.4, -0.2) is 18.5 Å². The number of halogens is 2. The molecule has 0 aromatic carbocycles. The Bertz CT molecular complexity index is 155. The molecule has 3 heteroatoms. The standard InChI is InChI=1S/C8H13F2N/c1-2-11-5-3-6-7(4-5)8(6,9)10/h5-7,11H,2-4H2,1H3. The molecular weight excluding hydrogens is 148 g/mol. The first-order valence-electron chi connectivity index (χ1n) is 4.27. The average Bonchev–Trinajstić information content (AvgIpc) is 2.37. The van der Waals surface area contributed by atoms with E-state index in [1.165, 1.54) is 0 Å². The van der Waals surface area contributed by atoms with Gasteiger partial charge in [-0.3, -0.25) is 0 Å². The Kier molecular flexibility index (Phi) is 1.46. The molecule has 0 amide bonds. The third kappa shape index (κ3) is 0.975. The lowest BCUT2D eigenvalue weighted by Crippen LogP contribution is -2.29. The van der Waals surface area contributed by atoms with Crippen molar-refractivity contribution in [1.29, 1.82) is 0 Å². The molecule has 2 atom stereocenters. The molecule has 2 aliphatic carbocycles. The van der Waals surface area contributed by atoms with Crippen LogP contribution in [0.1, 0.15) is 19.8 Å². The van der Waals surface area contributed by atoms with Crippen LogP contribution < -0.4 is 5.32 Å². The monoisotopic (exact) mass is 161 g/mol.